The van der Waals surface area contributed by atoms with Crippen LogP contribution < -0.4 is 14.8 Å². The molecular formula is C18H20N2O7S. The van der Waals surface area contributed by atoms with Crippen molar-refractivity contribution >= 4 is 29.3 Å². The molecule has 0 saturated carbocycles. The summed E-state index contributed by atoms with van der Waals surface area (Å²) in [4.78, 5) is 39.2. The molecule has 0 radical (unpaired) electrons. The summed E-state index contributed by atoms with van der Waals surface area (Å²) in [6.45, 7) is 1.35. The predicted octanol–water partition coefficient (Wildman–Crippen LogP) is 2.18. The molecular weight excluding hydrogens is 388 g/mol. The van der Waals surface area contributed by atoms with Gasteiger partial charge < -0.3 is 18.9 Å². The van der Waals surface area contributed by atoms with Crippen molar-refractivity contribution in [1.82, 2.24) is 10.3 Å². The number of imide groups is 1. The van der Waals surface area contributed by atoms with E-state index in [0.717, 1.165) is 12.7 Å². The summed E-state index contributed by atoms with van der Waals surface area (Å²) in [6.07, 6.45) is -2.20. The smallest absolute Gasteiger partial charge is 0.413 e. The third-order valence-corrected chi connectivity index (χ3v) is 4.52. The van der Waals surface area contributed by atoms with E-state index in [9.17, 15) is 14.4 Å². The van der Waals surface area contributed by atoms with Gasteiger partial charge in [0.2, 0.25) is 0 Å². The van der Waals surface area contributed by atoms with E-state index in [4.69, 9.17) is 14.2 Å². The first-order valence-electron chi connectivity index (χ1n) is 8.13. The van der Waals surface area contributed by atoms with Crippen LogP contribution in [0.4, 0.5) is 4.79 Å². The zero-order valence-corrected chi connectivity index (χ0v) is 16.6. The number of aromatic nitrogens is 1. The minimum absolute atomic E-state index is 0.126. The Balaban J connectivity index is 2.04. The quantitative estimate of drug-likeness (QED) is 0.694. The van der Waals surface area contributed by atoms with Crippen molar-refractivity contribution in [3.8, 4) is 22.1 Å². The van der Waals surface area contributed by atoms with Gasteiger partial charge in [0.25, 0.3) is 5.91 Å². The van der Waals surface area contributed by atoms with E-state index in [1.807, 2.05) is 17.4 Å². The topological polar surface area (TPSA) is 113 Å². The number of nitrogens with zero attached hydrogens (tertiary/aromatic N) is 1. The van der Waals surface area contributed by atoms with Gasteiger partial charge in [-0.1, -0.05) is 6.07 Å². The molecule has 9 nitrogen and oxygen atoms in total. The lowest BCUT2D eigenvalue weighted by atomic mass is 10.2. The van der Waals surface area contributed by atoms with Crippen LogP contribution in [0.15, 0.2) is 23.6 Å². The number of para-hydroxylation sites is 1. The Kier molecular flexibility index (Phi) is 7.33. The lowest BCUT2D eigenvalue weighted by Gasteiger charge is -2.12. The van der Waals surface area contributed by atoms with Crippen LogP contribution >= 0.6 is 11.3 Å². The van der Waals surface area contributed by atoms with Gasteiger partial charge in [0.1, 0.15) is 5.01 Å². The number of carbonyl (C=O) groups excluding carboxylic acids is 3. The molecule has 10 heteroatoms. The fraction of sp³-hybridized carbons (Fsp3) is 0.333. The highest BCUT2D eigenvalue weighted by atomic mass is 32.1. The number of methoxy groups -OCH3 is 3. The first kappa shape index (κ1) is 21.2. The molecule has 2 aromatic rings. The average molecular weight is 408 g/mol. The molecule has 0 aliphatic rings. The molecule has 0 saturated heterocycles. The fourth-order valence-electron chi connectivity index (χ4n) is 2.26. The molecule has 2 rings (SSSR count). The van der Waals surface area contributed by atoms with Crippen molar-refractivity contribution in [2.24, 2.45) is 0 Å². The van der Waals surface area contributed by atoms with E-state index >= 15 is 0 Å². The Morgan fingerprint density at radius 2 is 1.93 bits per heavy atom. The summed E-state index contributed by atoms with van der Waals surface area (Å²) in [5.74, 6) is -0.314. The molecule has 2 amide bonds. The lowest BCUT2D eigenvalue weighted by Crippen LogP contribution is -2.39. The predicted molar refractivity (Wildman–Crippen MR) is 100 cm³/mol. The van der Waals surface area contributed by atoms with Crippen LogP contribution in [0.3, 0.4) is 0 Å². The van der Waals surface area contributed by atoms with E-state index in [2.05, 4.69) is 9.72 Å². The molecule has 1 atom stereocenters. The molecule has 0 spiro atoms. The Morgan fingerprint density at radius 3 is 2.57 bits per heavy atom. The van der Waals surface area contributed by atoms with Gasteiger partial charge in [0.05, 0.1) is 39.0 Å². The molecule has 0 aliphatic heterocycles. The number of esters is 1. The van der Waals surface area contributed by atoms with Crippen LogP contribution in [-0.4, -0.2) is 50.4 Å². The molecule has 1 N–H and O–H groups in total. The van der Waals surface area contributed by atoms with Crippen molar-refractivity contribution in [3.63, 3.8) is 0 Å². The number of thiazole rings is 1. The summed E-state index contributed by atoms with van der Waals surface area (Å²) in [5, 5.41) is 4.30. The average Bonchev–Trinajstić information content (AvgIpc) is 3.14. The summed E-state index contributed by atoms with van der Waals surface area (Å²) in [7, 11) is 4.20. The second kappa shape index (κ2) is 9.70. The monoisotopic (exact) mass is 408 g/mol. The van der Waals surface area contributed by atoms with Crippen LogP contribution in [-0.2, 0) is 25.5 Å². The Morgan fingerprint density at radius 1 is 1.18 bits per heavy atom. The van der Waals surface area contributed by atoms with Crippen LogP contribution in [0.1, 0.15) is 12.6 Å². The number of rotatable bonds is 7. The van der Waals surface area contributed by atoms with Gasteiger partial charge in [0, 0.05) is 5.38 Å². The zero-order valence-electron chi connectivity index (χ0n) is 15.8. The van der Waals surface area contributed by atoms with Crippen molar-refractivity contribution in [1.29, 1.82) is 0 Å². The minimum Gasteiger partial charge on any atom is -0.493 e. The highest BCUT2D eigenvalue weighted by Crippen LogP contribution is 2.38. The summed E-state index contributed by atoms with van der Waals surface area (Å²) in [6, 6.07) is 5.42. The maximum absolute atomic E-state index is 12.1. The Labute approximate surface area is 165 Å². The van der Waals surface area contributed by atoms with E-state index in [0.29, 0.717) is 22.2 Å². The molecule has 0 aliphatic carbocycles. The third-order valence-electron chi connectivity index (χ3n) is 3.60. The number of alkyl carbamates (subject to hydrolysis) is 1. The van der Waals surface area contributed by atoms with Crippen molar-refractivity contribution in [2.75, 3.05) is 21.3 Å². The first-order chi connectivity index (χ1) is 13.4. The number of amides is 2. The largest absolute Gasteiger partial charge is 0.493 e. The van der Waals surface area contributed by atoms with Crippen molar-refractivity contribution < 1.29 is 33.3 Å². The summed E-state index contributed by atoms with van der Waals surface area (Å²) in [5.41, 5.74) is 1.22. The van der Waals surface area contributed by atoms with Crippen molar-refractivity contribution in [2.45, 2.75) is 19.4 Å². The molecule has 0 bridgehead atoms. The number of carbonyl (C=O) groups is 3. The zero-order chi connectivity index (χ0) is 20.7. The number of ether oxygens (including phenoxy) is 4. The Hall–Kier alpha value is -3.14. The van der Waals surface area contributed by atoms with E-state index in [1.54, 1.807) is 18.6 Å². The molecule has 1 heterocycles. The molecule has 150 valence electrons. The lowest BCUT2D eigenvalue weighted by molar-refractivity contribution is -0.154. The van der Waals surface area contributed by atoms with Crippen LogP contribution in [0.2, 0.25) is 0 Å². The SMILES string of the molecule is COC(=O)NC(=O)[C@@H](C)OC(=O)Cc1csc(-c2cccc(OC)c2OC)n1. The van der Waals surface area contributed by atoms with Crippen LogP contribution in [0.5, 0.6) is 11.5 Å². The normalized spacial score (nSPS) is 11.3. The van der Waals surface area contributed by atoms with Crippen molar-refractivity contribution in [3.05, 3.63) is 29.3 Å². The summed E-state index contributed by atoms with van der Waals surface area (Å²) >= 11 is 1.34. The van der Waals surface area contributed by atoms with Gasteiger partial charge in [-0.15, -0.1) is 11.3 Å². The highest BCUT2D eigenvalue weighted by molar-refractivity contribution is 7.13. The van der Waals surface area contributed by atoms with Gasteiger partial charge in [-0.05, 0) is 19.1 Å². The third kappa shape index (κ3) is 5.19. The second-order valence-corrected chi connectivity index (χ2v) is 6.33. The number of benzene rings is 1. The van der Waals surface area contributed by atoms with E-state index < -0.39 is 24.1 Å². The molecule has 1 aromatic carbocycles. The Bertz CT molecular complexity index is 865. The molecule has 0 fully saturated rings. The summed E-state index contributed by atoms with van der Waals surface area (Å²) < 4.78 is 20.0. The van der Waals surface area contributed by atoms with Gasteiger partial charge >= 0.3 is 12.1 Å². The number of hydrogen-bond acceptors (Lipinski definition) is 9. The highest BCUT2D eigenvalue weighted by Gasteiger charge is 2.21. The van der Waals surface area contributed by atoms with Crippen LogP contribution in [0.25, 0.3) is 10.6 Å². The van der Waals surface area contributed by atoms with E-state index in [-0.39, 0.29) is 6.42 Å². The molecule has 0 unspecified atom stereocenters. The minimum atomic E-state index is -1.15. The standard InChI is InChI=1S/C18H20N2O7S/c1-10(16(22)20-18(23)26-4)27-14(21)8-11-9-28-17(19-11)12-6-5-7-13(24-2)15(12)25-3/h5-7,9-10H,8H2,1-4H3,(H,20,22,23)/t10-/m1/s1. The van der Waals surface area contributed by atoms with E-state index in [1.165, 1.54) is 25.4 Å². The maximum Gasteiger partial charge on any atom is 0.413 e. The van der Waals surface area contributed by atoms with Crippen LogP contribution in [0, 0.1) is 0 Å². The molecule has 28 heavy (non-hydrogen) atoms. The van der Waals surface area contributed by atoms with Gasteiger partial charge in [-0.2, -0.15) is 0 Å². The molecule has 1 aromatic heterocycles. The fourth-order valence-corrected chi connectivity index (χ4v) is 3.10. The van der Waals surface area contributed by atoms with Gasteiger partial charge in [0.15, 0.2) is 17.6 Å². The number of nitrogens with one attached hydrogen (secondary N) is 1. The van der Waals surface area contributed by atoms with Gasteiger partial charge in [-0.3, -0.25) is 14.9 Å². The maximum atomic E-state index is 12.1. The second-order valence-electron chi connectivity index (χ2n) is 5.47. The first-order valence-corrected chi connectivity index (χ1v) is 9.01. The van der Waals surface area contributed by atoms with Gasteiger partial charge in [-0.25, -0.2) is 9.78 Å². The number of hydrogen-bond donors (Lipinski definition) is 1.